The first-order valence-corrected chi connectivity index (χ1v) is 5.32. The van der Waals surface area contributed by atoms with E-state index in [-0.39, 0.29) is 5.82 Å². The molecule has 0 spiro atoms. The summed E-state index contributed by atoms with van der Waals surface area (Å²) in [6.07, 6.45) is 1.67. The molecule has 2 heterocycles. The maximum Gasteiger partial charge on any atom is 0.132 e. The van der Waals surface area contributed by atoms with Crippen LogP contribution in [-0.4, -0.2) is 14.8 Å². The first-order chi connectivity index (χ1) is 8.25. The quantitative estimate of drug-likeness (QED) is 0.640. The van der Waals surface area contributed by atoms with Crippen molar-refractivity contribution in [3.05, 3.63) is 54.0 Å². The Labute approximate surface area is 97.5 Å². The monoisotopic (exact) mass is 227 g/mol. The molecule has 0 atom stereocenters. The summed E-state index contributed by atoms with van der Waals surface area (Å²) in [5.74, 6) is -0.269. The second kappa shape index (κ2) is 3.66. The number of hydrogen-bond acceptors (Lipinski definition) is 2. The minimum absolute atomic E-state index is 0.269. The summed E-state index contributed by atoms with van der Waals surface area (Å²) in [7, 11) is 0. The molecular weight excluding hydrogens is 217 g/mol. The summed E-state index contributed by atoms with van der Waals surface area (Å²) in [4.78, 5) is 0. The predicted molar refractivity (Wildman–Crippen MR) is 63.1 cm³/mol. The summed E-state index contributed by atoms with van der Waals surface area (Å²) in [6, 6.07) is 10.4. The molecule has 3 nitrogen and oxygen atoms in total. The Morgan fingerprint density at radius 2 is 2.00 bits per heavy atom. The van der Waals surface area contributed by atoms with Gasteiger partial charge in [-0.3, -0.25) is 0 Å². The van der Waals surface area contributed by atoms with E-state index in [0.717, 1.165) is 11.1 Å². The molecular formula is C13H10FN3. The molecule has 0 aliphatic heterocycles. The highest BCUT2D eigenvalue weighted by molar-refractivity contribution is 5.65. The molecule has 1 aromatic carbocycles. The fraction of sp³-hybridized carbons (Fsp3) is 0.0769. The van der Waals surface area contributed by atoms with Gasteiger partial charge in [0.05, 0.1) is 17.4 Å². The molecule has 0 unspecified atom stereocenters. The van der Waals surface area contributed by atoms with Gasteiger partial charge in [0.2, 0.25) is 0 Å². The van der Waals surface area contributed by atoms with Crippen molar-refractivity contribution in [1.82, 2.24) is 14.8 Å². The number of benzene rings is 1. The van der Waals surface area contributed by atoms with E-state index in [1.54, 1.807) is 24.4 Å². The third-order valence-corrected chi connectivity index (χ3v) is 2.71. The maximum atomic E-state index is 13.7. The van der Waals surface area contributed by atoms with Gasteiger partial charge >= 0.3 is 0 Å². The van der Waals surface area contributed by atoms with Gasteiger partial charge in [0, 0.05) is 5.56 Å². The molecule has 84 valence electrons. The van der Waals surface area contributed by atoms with Gasteiger partial charge in [0.15, 0.2) is 0 Å². The lowest BCUT2D eigenvalue weighted by atomic mass is 10.1. The molecule has 0 bridgehead atoms. The van der Waals surface area contributed by atoms with E-state index in [2.05, 4.69) is 10.2 Å². The zero-order valence-electron chi connectivity index (χ0n) is 9.26. The van der Waals surface area contributed by atoms with E-state index < -0.39 is 0 Å². The van der Waals surface area contributed by atoms with Crippen LogP contribution in [0.2, 0.25) is 0 Å². The molecule has 0 fully saturated rings. The molecule has 0 radical (unpaired) electrons. The van der Waals surface area contributed by atoms with E-state index in [0.29, 0.717) is 11.3 Å². The summed E-state index contributed by atoms with van der Waals surface area (Å²) in [5.41, 5.74) is 2.97. The van der Waals surface area contributed by atoms with E-state index in [4.69, 9.17) is 0 Å². The van der Waals surface area contributed by atoms with E-state index in [9.17, 15) is 4.39 Å². The van der Waals surface area contributed by atoms with Crippen molar-refractivity contribution in [2.75, 3.05) is 0 Å². The summed E-state index contributed by atoms with van der Waals surface area (Å²) in [5, 5.41) is 8.39. The molecule has 0 amide bonds. The van der Waals surface area contributed by atoms with E-state index in [1.165, 1.54) is 10.7 Å². The van der Waals surface area contributed by atoms with Crippen molar-refractivity contribution < 1.29 is 4.39 Å². The van der Waals surface area contributed by atoms with Crippen LogP contribution in [0.4, 0.5) is 4.39 Å². The van der Waals surface area contributed by atoms with Crippen molar-refractivity contribution in [3.63, 3.8) is 0 Å². The van der Waals surface area contributed by atoms with Crippen molar-refractivity contribution in [1.29, 1.82) is 0 Å². The van der Waals surface area contributed by atoms with Crippen molar-refractivity contribution in [2.24, 2.45) is 0 Å². The van der Waals surface area contributed by atoms with Gasteiger partial charge < -0.3 is 0 Å². The first kappa shape index (κ1) is 9.96. The predicted octanol–water partition coefficient (Wildman–Crippen LogP) is 2.84. The van der Waals surface area contributed by atoms with Gasteiger partial charge in [-0.2, -0.15) is 9.73 Å². The molecule has 3 aromatic rings. The fourth-order valence-corrected chi connectivity index (χ4v) is 1.88. The Morgan fingerprint density at radius 3 is 2.82 bits per heavy atom. The number of hydrogen-bond donors (Lipinski definition) is 0. The SMILES string of the molecule is Cc1cc2ccnn2nc1-c1ccccc1F. The standard InChI is InChI=1S/C13H10FN3/c1-9-8-10-6-7-15-17(10)16-13(9)11-4-2-3-5-12(11)14/h2-8H,1H3. The van der Waals surface area contributed by atoms with Crippen LogP contribution in [0.5, 0.6) is 0 Å². The normalized spacial score (nSPS) is 10.9. The molecule has 17 heavy (non-hydrogen) atoms. The molecule has 3 rings (SSSR count). The molecule has 0 saturated carbocycles. The van der Waals surface area contributed by atoms with Crippen molar-refractivity contribution in [3.8, 4) is 11.3 Å². The molecule has 0 aliphatic carbocycles. The fourth-order valence-electron chi connectivity index (χ4n) is 1.88. The number of nitrogens with zero attached hydrogens (tertiary/aromatic N) is 3. The van der Waals surface area contributed by atoms with Gasteiger partial charge in [-0.15, -0.1) is 5.10 Å². The largest absolute Gasteiger partial charge is 0.206 e. The lowest BCUT2D eigenvalue weighted by molar-refractivity contribution is 0.629. The van der Waals surface area contributed by atoms with Gasteiger partial charge in [-0.05, 0) is 36.8 Å². The highest BCUT2D eigenvalue weighted by atomic mass is 19.1. The summed E-state index contributed by atoms with van der Waals surface area (Å²) < 4.78 is 15.2. The molecule has 2 aromatic heterocycles. The van der Waals surface area contributed by atoms with Crippen LogP contribution in [0.1, 0.15) is 5.56 Å². The van der Waals surface area contributed by atoms with Crippen molar-refractivity contribution in [2.45, 2.75) is 6.92 Å². The number of fused-ring (bicyclic) bond motifs is 1. The summed E-state index contributed by atoms with van der Waals surface area (Å²) in [6.45, 7) is 1.92. The van der Waals surface area contributed by atoms with Crippen LogP contribution < -0.4 is 0 Å². The smallest absolute Gasteiger partial charge is 0.132 e. The van der Waals surface area contributed by atoms with E-state index in [1.807, 2.05) is 19.1 Å². The molecule has 0 N–H and O–H groups in total. The van der Waals surface area contributed by atoms with Gasteiger partial charge in [0.1, 0.15) is 5.82 Å². The Hall–Kier alpha value is -2.23. The number of rotatable bonds is 1. The third-order valence-electron chi connectivity index (χ3n) is 2.71. The lowest BCUT2D eigenvalue weighted by Gasteiger charge is -2.06. The van der Waals surface area contributed by atoms with Crippen LogP contribution >= 0.6 is 0 Å². The Kier molecular flexibility index (Phi) is 2.14. The Morgan fingerprint density at radius 1 is 1.18 bits per heavy atom. The average molecular weight is 227 g/mol. The van der Waals surface area contributed by atoms with Crippen LogP contribution in [0.3, 0.4) is 0 Å². The molecule has 4 heteroatoms. The van der Waals surface area contributed by atoms with Crippen molar-refractivity contribution >= 4 is 5.52 Å². The zero-order chi connectivity index (χ0) is 11.8. The van der Waals surface area contributed by atoms with Crippen LogP contribution in [-0.2, 0) is 0 Å². The number of aromatic nitrogens is 3. The minimum atomic E-state index is -0.269. The number of aryl methyl sites for hydroxylation is 1. The minimum Gasteiger partial charge on any atom is -0.206 e. The van der Waals surface area contributed by atoms with Gasteiger partial charge in [0.25, 0.3) is 0 Å². The van der Waals surface area contributed by atoms with E-state index >= 15 is 0 Å². The van der Waals surface area contributed by atoms with Crippen LogP contribution in [0, 0.1) is 12.7 Å². The summed E-state index contributed by atoms with van der Waals surface area (Å²) >= 11 is 0. The maximum absolute atomic E-state index is 13.7. The molecule has 0 saturated heterocycles. The average Bonchev–Trinajstić information content (AvgIpc) is 2.76. The Bertz CT molecular complexity index is 688. The zero-order valence-corrected chi connectivity index (χ0v) is 9.26. The lowest BCUT2D eigenvalue weighted by Crippen LogP contribution is -1.99. The second-order valence-corrected chi connectivity index (χ2v) is 3.90. The van der Waals surface area contributed by atoms with Crippen LogP contribution in [0.25, 0.3) is 16.8 Å². The number of halogens is 1. The van der Waals surface area contributed by atoms with Gasteiger partial charge in [-0.25, -0.2) is 4.39 Å². The highest BCUT2D eigenvalue weighted by Gasteiger charge is 2.10. The highest BCUT2D eigenvalue weighted by Crippen LogP contribution is 2.24. The molecule has 0 aliphatic rings. The first-order valence-electron chi connectivity index (χ1n) is 5.32. The second-order valence-electron chi connectivity index (χ2n) is 3.90. The van der Waals surface area contributed by atoms with Crippen LogP contribution in [0.15, 0.2) is 42.6 Å². The third kappa shape index (κ3) is 1.58. The topological polar surface area (TPSA) is 30.2 Å². The Balaban J connectivity index is 2.30. The van der Waals surface area contributed by atoms with Gasteiger partial charge in [-0.1, -0.05) is 12.1 Å².